The molecule has 17 heavy (non-hydrogen) atoms. The molecule has 0 amide bonds. The van der Waals surface area contributed by atoms with Crippen LogP contribution in [0.3, 0.4) is 0 Å². The quantitative estimate of drug-likeness (QED) is 0.642. The molecule has 3 atom stereocenters. The summed E-state index contributed by atoms with van der Waals surface area (Å²) in [5, 5.41) is 9.04. The van der Waals surface area contributed by atoms with Gasteiger partial charge in [0.05, 0.1) is 9.47 Å². The molecule has 0 aromatic heterocycles. The van der Waals surface area contributed by atoms with Crippen molar-refractivity contribution in [1.82, 2.24) is 0 Å². The Kier molecular flexibility index (Phi) is 5.07. The lowest BCUT2D eigenvalue weighted by Crippen LogP contribution is -2.26. The molecule has 0 spiro atoms. The maximum Gasteiger partial charge on any atom is 0.354 e. The molecule has 92 valence electrons. The first-order valence-corrected chi connectivity index (χ1v) is 5.37. The fraction of sp³-hybridized carbons (Fsp3) is 0.273. The number of ether oxygens (including phenoxy) is 1. The fourth-order valence-electron chi connectivity index (χ4n) is 1.16. The third kappa shape index (κ3) is 3.80. The normalized spacial score (nSPS) is 13.6. The molecule has 0 fully saturated rings. The van der Waals surface area contributed by atoms with E-state index in [0.717, 1.165) is 0 Å². The van der Waals surface area contributed by atoms with Gasteiger partial charge in [0.25, 0.3) is 0 Å². The van der Waals surface area contributed by atoms with Crippen LogP contribution < -0.4 is 0 Å². The van der Waals surface area contributed by atoms with Gasteiger partial charge in [0, 0.05) is 5.56 Å². The van der Waals surface area contributed by atoms with E-state index in [1.807, 2.05) is 0 Å². The Morgan fingerprint density at radius 3 is 2.29 bits per heavy atom. The second kappa shape index (κ2) is 6.33. The van der Waals surface area contributed by atoms with Crippen molar-refractivity contribution in [3.8, 4) is 0 Å². The van der Waals surface area contributed by atoms with Gasteiger partial charge in [0.1, 0.15) is 6.10 Å². The Balaban J connectivity index is 2.90. The molecule has 6 heteroatoms. The fourth-order valence-corrected chi connectivity index (χ4v) is 1.28. The molecule has 1 aromatic rings. The second-order valence-corrected chi connectivity index (χ2v) is 3.58. The van der Waals surface area contributed by atoms with Crippen LogP contribution >= 0.6 is 9.47 Å². The summed E-state index contributed by atoms with van der Waals surface area (Å²) in [4.78, 5) is 22.7. The van der Waals surface area contributed by atoms with Gasteiger partial charge in [-0.25, -0.2) is 9.59 Å². The number of benzene rings is 1. The first-order chi connectivity index (χ1) is 8.06. The molecular weight excluding hydrogens is 243 g/mol. The number of rotatable bonds is 4. The number of hydrogen-bond donors (Lipinski definition) is 1. The summed E-state index contributed by atoms with van der Waals surface area (Å²) in [5.74, 6) is -1.61. The molecule has 0 heterocycles. The molecule has 1 aromatic carbocycles. The lowest BCUT2D eigenvalue weighted by molar-refractivity contribution is -0.168. The molecule has 0 aliphatic carbocycles. The largest absolute Gasteiger partial charge is 0.449 e. The van der Waals surface area contributed by atoms with Gasteiger partial charge in [0.2, 0.25) is 6.10 Å². The van der Waals surface area contributed by atoms with Gasteiger partial charge < -0.3 is 14.4 Å². The molecule has 1 N–H and O–H groups in total. The molecule has 1 unspecified atom stereocenters. The highest BCUT2D eigenvalue weighted by Gasteiger charge is 2.27. The van der Waals surface area contributed by atoms with Crippen molar-refractivity contribution in [1.29, 1.82) is 0 Å². The Labute approximate surface area is 101 Å². The van der Waals surface area contributed by atoms with Crippen LogP contribution in [0.25, 0.3) is 0 Å². The van der Waals surface area contributed by atoms with E-state index in [4.69, 9.17) is 9.84 Å². The predicted octanol–water partition coefficient (Wildman–Crippen LogP) is 0.985. The van der Waals surface area contributed by atoms with Crippen molar-refractivity contribution < 1.29 is 24.0 Å². The number of aliphatic hydroxyl groups is 1. The van der Waals surface area contributed by atoms with Crippen LogP contribution in [0, 0.1) is 0 Å². The first kappa shape index (κ1) is 13.6. The zero-order valence-corrected chi connectivity index (χ0v) is 10.4. The maximum atomic E-state index is 11.5. The van der Waals surface area contributed by atoms with E-state index in [1.165, 1.54) is 6.92 Å². The summed E-state index contributed by atoms with van der Waals surface area (Å²) in [6.45, 7) is 1.26. The summed E-state index contributed by atoms with van der Waals surface area (Å²) in [6, 6.07) is 8.43. The summed E-state index contributed by atoms with van der Waals surface area (Å²) in [5.41, 5.74) is 0.481. The Morgan fingerprint density at radius 2 is 1.82 bits per heavy atom. The van der Waals surface area contributed by atoms with Gasteiger partial charge in [-0.3, -0.25) is 0 Å². The number of esters is 1. The molecule has 0 saturated carbocycles. The molecule has 0 radical (unpaired) electrons. The van der Waals surface area contributed by atoms with Crippen molar-refractivity contribution >= 4 is 21.4 Å². The van der Waals surface area contributed by atoms with Crippen molar-refractivity contribution in [2.75, 3.05) is 0 Å². The van der Waals surface area contributed by atoms with E-state index in [0.29, 0.717) is 5.56 Å². The molecule has 0 aliphatic heterocycles. The average molecular weight is 256 g/mol. The topological polar surface area (TPSA) is 72.8 Å². The van der Waals surface area contributed by atoms with Gasteiger partial charge >= 0.3 is 11.9 Å². The van der Waals surface area contributed by atoms with E-state index >= 15 is 0 Å². The molecule has 5 nitrogen and oxygen atoms in total. The second-order valence-electron chi connectivity index (χ2n) is 3.34. The van der Waals surface area contributed by atoms with Gasteiger partial charge in [-0.05, 0) is 6.92 Å². The highest BCUT2D eigenvalue weighted by atomic mass is 31.0. The van der Waals surface area contributed by atoms with E-state index < -0.39 is 24.1 Å². The number of carbonyl (C=O) groups excluding carboxylic acids is 2. The lowest BCUT2D eigenvalue weighted by atomic mass is 10.1. The van der Waals surface area contributed by atoms with Crippen molar-refractivity contribution in [3.63, 3.8) is 0 Å². The third-order valence-electron chi connectivity index (χ3n) is 2.01. The molecular formula is C11H13O5P. The van der Waals surface area contributed by atoms with E-state index in [2.05, 4.69) is 4.52 Å². The van der Waals surface area contributed by atoms with Crippen LogP contribution in [0.1, 0.15) is 18.6 Å². The highest BCUT2D eigenvalue weighted by Crippen LogP contribution is 2.20. The Bertz CT molecular complexity index is 390. The Hall–Kier alpha value is -1.45. The SMILES string of the molecule is C[C@H](O)C(=O)O[C@H](C(=O)OP)c1ccccc1. The third-order valence-corrected chi connectivity index (χ3v) is 2.24. The van der Waals surface area contributed by atoms with Crippen LogP contribution in [-0.4, -0.2) is 23.1 Å². The number of aliphatic hydroxyl groups excluding tert-OH is 1. The number of carbonyl (C=O) groups is 2. The lowest BCUT2D eigenvalue weighted by Gasteiger charge is -2.16. The Morgan fingerprint density at radius 1 is 1.24 bits per heavy atom. The van der Waals surface area contributed by atoms with E-state index in [1.54, 1.807) is 39.8 Å². The zero-order chi connectivity index (χ0) is 12.8. The summed E-state index contributed by atoms with van der Waals surface area (Å²) < 4.78 is 9.34. The van der Waals surface area contributed by atoms with Crippen LogP contribution in [0.15, 0.2) is 30.3 Å². The number of hydrogen-bond acceptors (Lipinski definition) is 5. The molecule has 0 bridgehead atoms. The summed E-state index contributed by atoms with van der Waals surface area (Å²) in [6.07, 6.45) is -2.46. The monoisotopic (exact) mass is 256 g/mol. The van der Waals surface area contributed by atoms with Crippen molar-refractivity contribution in [2.24, 2.45) is 0 Å². The van der Waals surface area contributed by atoms with Gasteiger partial charge in [-0.2, -0.15) is 0 Å². The van der Waals surface area contributed by atoms with Crippen LogP contribution in [0.4, 0.5) is 0 Å². The van der Waals surface area contributed by atoms with Crippen molar-refractivity contribution in [3.05, 3.63) is 35.9 Å². The smallest absolute Gasteiger partial charge is 0.354 e. The van der Waals surface area contributed by atoms with Crippen LogP contribution in [-0.2, 0) is 18.8 Å². The summed E-state index contributed by atoms with van der Waals surface area (Å²) >= 11 is 0. The van der Waals surface area contributed by atoms with E-state index in [9.17, 15) is 9.59 Å². The van der Waals surface area contributed by atoms with Gasteiger partial charge in [-0.15, -0.1) is 0 Å². The van der Waals surface area contributed by atoms with Gasteiger partial charge in [0.15, 0.2) is 0 Å². The standard InChI is InChI=1S/C11H13O5P/c1-7(12)10(13)15-9(11(14)16-17)8-5-3-2-4-6-8/h2-7,9,12H,17H2,1H3/t7-,9-/m0/s1. The maximum absolute atomic E-state index is 11.5. The van der Waals surface area contributed by atoms with Crippen LogP contribution in [0.2, 0.25) is 0 Å². The van der Waals surface area contributed by atoms with Gasteiger partial charge in [-0.1, -0.05) is 30.3 Å². The average Bonchev–Trinajstić information content (AvgIpc) is 2.35. The molecule has 0 saturated heterocycles. The highest BCUT2D eigenvalue weighted by molar-refractivity contribution is 7.10. The van der Waals surface area contributed by atoms with Crippen LogP contribution in [0.5, 0.6) is 0 Å². The molecule has 0 aliphatic rings. The zero-order valence-electron chi connectivity index (χ0n) is 9.20. The minimum Gasteiger partial charge on any atom is -0.449 e. The minimum absolute atomic E-state index is 0.481. The van der Waals surface area contributed by atoms with Crippen molar-refractivity contribution in [2.45, 2.75) is 19.1 Å². The minimum atomic E-state index is -1.29. The first-order valence-electron chi connectivity index (χ1n) is 4.90. The molecule has 1 rings (SSSR count). The summed E-state index contributed by atoms with van der Waals surface area (Å²) in [7, 11) is 1.80. The van der Waals surface area contributed by atoms with E-state index in [-0.39, 0.29) is 0 Å². The predicted molar refractivity (Wildman–Crippen MR) is 62.8 cm³/mol.